The van der Waals surface area contributed by atoms with Gasteiger partial charge in [0.15, 0.2) is 0 Å². The van der Waals surface area contributed by atoms with Crippen molar-refractivity contribution in [3.63, 3.8) is 0 Å². The molecule has 0 fully saturated rings. The topological polar surface area (TPSA) is 85.9 Å². The van der Waals surface area contributed by atoms with E-state index in [1.807, 2.05) is 26.0 Å². The number of hydrogen-bond donors (Lipinski definition) is 2. The number of amides is 2. The van der Waals surface area contributed by atoms with E-state index in [0.29, 0.717) is 58.7 Å². The predicted molar refractivity (Wildman–Crippen MR) is 169 cm³/mol. The normalized spacial score (nSPS) is 10.5. The Hall–Kier alpha value is -3.82. The second-order valence-corrected chi connectivity index (χ2v) is 10.9. The standard InChI is InChI=1S/C32H30Br2N2O5/c1-3-17-39-29-15-5-21(33)19-27(29)31(37)35-23-7-11-25(12-8-23)41-26-13-9-24(10-14-26)36-32(38)28-20-22(34)6-16-30(28)40-18-4-2/h5-16,19-20H,3-4,17-18H2,1-2H3,(H,35,37)(H,36,38). The first-order valence-corrected chi connectivity index (χ1v) is 14.8. The molecule has 0 saturated heterocycles. The zero-order valence-electron chi connectivity index (χ0n) is 22.7. The van der Waals surface area contributed by atoms with Crippen LogP contribution >= 0.6 is 31.9 Å². The van der Waals surface area contributed by atoms with Crippen LogP contribution in [-0.4, -0.2) is 25.0 Å². The van der Waals surface area contributed by atoms with Gasteiger partial charge in [-0.2, -0.15) is 0 Å². The molecule has 0 aromatic heterocycles. The molecule has 0 spiro atoms. The number of ether oxygens (including phenoxy) is 3. The molecule has 0 radical (unpaired) electrons. The minimum atomic E-state index is -0.268. The van der Waals surface area contributed by atoms with Crippen molar-refractivity contribution in [3.05, 3.63) is 105 Å². The summed E-state index contributed by atoms with van der Waals surface area (Å²) in [7, 11) is 0. The van der Waals surface area contributed by atoms with Gasteiger partial charge in [0, 0.05) is 20.3 Å². The van der Waals surface area contributed by atoms with Gasteiger partial charge in [-0.3, -0.25) is 9.59 Å². The molecule has 0 unspecified atom stereocenters. The van der Waals surface area contributed by atoms with Crippen molar-refractivity contribution in [1.82, 2.24) is 0 Å². The fourth-order valence-corrected chi connectivity index (χ4v) is 4.50. The molecule has 0 aliphatic rings. The van der Waals surface area contributed by atoms with Gasteiger partial charge in [0.2, 0.25) is 0 Å². The van der Waals surface area contributed by atoms with Crippen LogP contribution in [0.5, 0.6) is 23.0 Å². The Kier molecular flexibility index (Phi) is 10.8. The predicted octanol–water partition coefficient (Wildman–Crippen LogP) is 9.09. The van der Waals surface area contributed by atoms with Gasteiger partial charge in [-0.25, -0.2) is 0 Å². The number of carbonyl (C=O) groups is 2. The maximum atomic E-state index is 12.9. The lowest BCUT2D eigenvalue weighted by Gasteiger charge is -2.13. The SMILES string of the molecule is CCCOc1ccc(Br)cc1C(=O)Nc1ccc(Oc2ccc(NC(=O)c3cc(Br)ccc3OCCC)cc2)cc1. The number of anilines is 2. The summed E-state index contributed by atoms with van der Waals surface area (Å²) in [6.45, 7) is 5.08. The minimum Gasteiger partial charge on any atom is -0.493 e. The minimum absolute atomic E-state index is 0.268. The number of halogens is 2. The quantitative estimate of drug-likeness (QED) is 0.156. The van der Waals surface area contributed by atoms with Crippen LogP contribution in [0.15, 0.2) is 93.9 Å². The van der Waals surface area contributed by atoms with Crippen LogP contribution in [0.3, 0.4) is 0 Å². The Labute approximate surface area is 256 Å². The molecular weight excluding hydrogens is 652 g/mol. The highest BCUT2D eigenvalue weighted by molar-refractivity contribution is 9.10. The molecule has 2 amide bonds. The molecule has 4 rings (SSSR count). The van der Waals surface area contributed by atoms with Crippen molar-refractivity contribution in [2.75, 3.05) is 23.8 Å². The summed E-state index contributed by atoms with van der Waals surface area (Å²) in [5.74, 6) is 1.73. The molecule has 0 aliphatic carbocycles. The number of carbonyl (C=O) groups excluding carboxylic acids is 2. The van der Waals surface area contributed by atoms with Gasteiger partial charge in [0.25, 0.3) is 11.8 Å². The largest absolute Gasteiger partial charge is 0.493 e. The van der Waals surface area contributed by atoms with Crippen molar-refractivity contribution < 1.29 is 23.8 Å². The number of rotatable bonds is 12. The molecule has 212 valence electrons. The van der Waals surface area contributed by atoms with Crippen LogP contribution < -0.4 is 24.8 Å². The van der Waals surface area contributed by atoms with Crippen LogP contribution in [-0.2, 0) is 0 Å². The molecule has 9 heteroatoms. The number of benzene rings is 4. The van der Waals surface area contributed by atoms with Crippen molar-refractivity contribution in [3.8, 4) is 23.0 Å². The average Bonchev–Trinajstić information content (AvgIpc) is 2.97. The van der Waals surface area contributed by atoms with E-state index in [4.69, 9.17) is 14.2 Å². The summed E-state index contributed by atoms with van der Waals surface area (Å²) in [6.07, 6.45) is 1.69. The smallest absolute Gasteiger partial charge is 0.259 e. The van der Waals surface area contributed by atoms with E-state index >= 15 is 0 Å². The lowest BCUT2D eigenvalue weighted by atomic mass is 10.1. The van der Waals surface area contributed by atoms with Crippen LogP contribution in [0, 0.1) is 0 Å². The number of nitrogens with one attached hydrogen (secondary N) is 2. The molecule has 0 atom stereocenters. The van der Waals surface area contributed by atoms with Crippen molar-refractivity contribution in [1.29, 1.82) is 0 Å². The first kappa shape index (κ1) is 30.1. The van der Waals surface area contributed by atoms with E-state index in [9.17, 15) is 9.59 Å². The fourth-order valence-electron chi connectivity index (χ4n) is 3.78. The maximum Gasteiger partial charge on any atom is 0.259 e. The van der Waals surface area contributed by atoms with E-state index in [1.165, 1.54) is 0 Å². The molecule has 7 nitrogen and oxygen atoms in total. The molecule has 2 N–H and O–H groups in total. The Balaban J connectivity index is 1.36. The summed E-state index contributed by atoms with van der Waals surface area (Å²) in [4.78, 5) is 25.8. The van der Waals surface area contributed by atoms with E-state index in [2.05, 4.69) is 42.5 Å². The molecule has 4 aromatic carbocycles. The lowest BCUT2D eigenvalue weighted by molar-refractivity contribution is 0.101. The van der Waals surface area contributed by atoms with Crippen LogP contribution in [0.25, 0.3) is 0 Å². The third-order valence-corrected chi connectivity index (χ3v) is 6.74. The highest BCUT2D eigenvalue weighted by atomic mass is 79.9. The van der Waals surface area contributed by atoms with Crippen molar-refractivity contribution in [2.45, 2.75) is 26.7 Å². The van der Waals surface area contributed by atoms with E-state index < -0.39 is 0 Å². The van der Waals surface area contributed by atoms with E-state index in [-0.39, 0.29) is 11.8 Å². The van der Waals surface area contributed by atoms with Gasteiger partial charge < -0.3 is 24.8 Å². The van der Waals surface area contributed by atoms with Crippen molar-refractivity contribution in [2.24, 2.45) is 0 Å². The highest BCUT2D eigenvalue weighted by Crippen LogP contribution is 2.28. The van der Waals surface area contributed by atoms with Gasteiger partial charge in [0.05, 0.1) is 24.3 Å². The first-order valence-electron chi connectivity index (χ1n) is 13.2. The Bertz CT molecular complexity index is 1380. The van der Waals surface area contributed by atoms with E-state index in [1.54, 1.807) is 72.8 Å². The second-order valence-electron chi connectivity index (χ2n) is 9.04. The molecule has 0 heterocycles. The monoisotopic (exact) mass is 680 g/mol. The molecule has 4 aromatic rings. The van der Waals surface area contributed by atoms with Crippen molar-refractivity contribution >= 4 is 55.0 Å². The summed E-state index contributed by atoms with van der Waals surface area (Å²) in [6, 6.07) is 24.9. The number of hydrogen-bond acceptors (Lipinski definition) is 5. The summed E-state index contributed by atoms with van der Waals surface area (Å²) < 4.78 is 19.0. The Morgan fingerprint density at radius 1 is 0.610 bits per heavy atom. The summed E-state index contributed by atoms with van der Waals surface area (Å²) >= 11 is 6.84. The summed E-state index contributed by atoms with van der Waals surface area (Å²) in [5, 5.41) is 5.81. The van der Waals surface area contributed by atoms with E-state index in [0.717, 1.165) is 21.8 Å². The zero-order chi connectivity index (χ0) is 29.2. The van der Waals surface area contributed by atoms with Crippen LogP contribution in [0.2, 0.25) is 0 Å². The van der Waals surface area contributed by atoms with Gasteiger partial charge in [-0.1, -0.05) is 45.7 Å². The van der Waals surface area contributed by atoms with Gasteiger partial charge in [-0.15, -0.1) is 0 Å². The van der Waals surface area contributed by atoms with Gasteiger partial charge >= 0.3 is 0 Å². The average molecular weight is 682 g/mol. The second kappa shape index (κ2) is 14.7. The molecule has 0 aliphatic heterocycles. The van der Waals surface area contributed by atoms with Gasteiger partial charge in [0.1, 0.15) is 23.0 Å². The highest BCUT2D eigenvalue weighted by Gasteiger charge is 2.15. The molecule has 0 saturated carbocycles. The first-order chi connectivity index (χ1) is 19.9. The maximum absolute atomic E-state index is 12.9. The van der Waals surface area contributed by atoms with Crippen LogP contribution in [0.1, 0.15) is 47.4 Å². The molecule has 41 heavy (non-hydrogen) atoms. The molecule has 0 bridgehead atoms. The van der Waals surface area contributed by atoms with Gasteiger partial charge in [-0.05, 0) is 97.8 Å². The Morgan fingerprint density at radius 2 is 1.00 bits per heavy atom. The summed E-state index contributed by atoms with van der Waals surface area (Å²) in [5.41, 5.74) is 2.14. The third-order valence-electron chi connectivity index (χ3n) is 5.76. The zero-order valence-corrected chi connectivity index (χ0v) is 25.9. The lowest BCUT2D eigenvalue weighted by Crippen LogP contribution is -2.14. The molecular formula is C32H30Br2N2O5. The Morgan fingerprint density at radius 3 is 1.37 bits per heavy atom. The fraction of sp³-hybridized carbons (Fsp3) is 0.188. The van der Waals surface area contributed by atoms with Crippen LogP contribution in [0.4, 0.5) is 11.4 Å². The third kappa shape index (κ3) is 8.58.